The van der Waals surface area contributed by atoms with Crippen LogP contribution in [0.15, 0.2) is 84.1 Å². The molecule has 0 saturated heterocycles. The van der Waals surface area contributed by atoms with Crippen molar-refractivity contribution in [2.75, 3.05) is 0 Å². The predicted octanol–water partition coefficient (Wildman–Crippen LogP) is 6.21. The molecular weight excluding hydrogens is 276 g/mol. The first-order chi connectivity index (χ1) is 11.2. The van der Waals surface area contributed by atoms with E-state index in [-0.39, 0.29) is 0 Å². The van der Waals surface area contributed by atoms with Crippen LogP contribution in [0.2, 0.25) is 0 Å². The van der Waals surface area contributed by atoms with Gasteiger partial charge in [-0.15, -0.1) is 5.73 Å². The highest BCUT2D eigenvalue weighted by Gasteiger charge is 2.09. The van der Waals surface area contributed by atoms with Crippen molar-refractivity contribution in [2.45, 2.75) is 20.3 Å². The van der Waals surface area contributed by atoms with Gasteiger partial charge in [-0.1, -0.05) is 85.3 Å². The van der Waals surface area contributed by atoms with Crippen molar-refractivity contribution in [1.29, 1.82) is 0 Å². The minimum absolute atomic E-state index is 0.622. The highest BCUT2D eigenvalue weighted by atomic mass is 14.1. The molecule has 23 heavy (non-hydrogen) atoms. The smallest absolute Gasteiger partial charge is 0.0306 e. The van der Waals surface area contributed by atoms with Gasteiger partial charge >= 0.3 is 0 Å². The second-order valence-corrected chi connectivity index (χ2v) is 6.17. The number of aryl methyl sites for hydroxylation is 1. The van der Waals surface area contributed by atoms with E-state index in [9.17, 15) is 0 Å². The largest absolute Gasteiger partial charge is 0.111 e. The van der Waals surface area contributed by atoms with Gasteiger partial charge in [0.25, 0.3) is 0 Å². The first-order valence-electron chi connectivity index (χ1n) is 8.20. The van der Waals surface area contributed by atoms with Crippen LogP contribution in [0.4, 0.5) is 0 Å². The van der Waals surface area contributed by atoms with Crippen LogP contribution in [0.1, 0.15) is 30.0 Å². The molecule has 1 aliphatic rings. The normalized spacial score (nSPS) is 16.4. The summed E-state index contributed by atoms with van der Waals surface area (Å²) in [5.41, 5.74) is 9.62. The third-order valence-corrected chi connectivity index (χ3v) is 4.13. The molecule has 0 saturated carbocycles. The number of rotatable bonds is 3. The quantitative estimate of drug-likeness (QED) is 0.591. The van der Waals surface area contributed by atoms with Crippen molar-refractivity contribution in [3.63, 3.8) is 0 Å². The van der Waals surface area contributed by atoms with Crippen LogP contribution in [0, 0.1) is 12.8 Å². The molecule has 114 valence electrons. The van der Waals surface area contributed by atoms with Crippen molar-refractivity contribution in [3.05, 3.63) is 101 Å². The maximum absolute atomic E-state index is 3.53. The fourth-order valence-electron chi connectivity index (χ4n) is 2.67. The minimum Gasteiger partial charge on any atom is -0.111 e. The number of hydrogen-bond donors (Lipinski definition) is 0. The maximum Gasteiger partial charge on any atom is 0.0306 e. The van der Waals surface area contributed by atoms with Crippen LogP contribution in [-0.2, 0) is 0 Å². The molecule has 0 spiro atoms. The van der Waals surface area contributed by atoms with E-state index < -0.39 is 0 Å². The summed E-state index contributed by atoms with van der Waals surface area (Å²) in [6, 6.07) is 19.1. The molecule has 0 nitrogen and oxygen atoms in total. The Kier molecular flexibility index (Phi) is 4.76. The molecule has 1 atom stereocenters. The summed E-state index contributed by atoms with van der Waals surface area (Å²) in [4.78, 5) is 0. The van der Waals surface area contributed by atoms with Gasteiger partial charge in [-0.3, -0.25) is 0 Å². The van der Waals surface area contributed by atoms with Gasteiger partial charge in [0.05, 0.1) is 0 Å². The summed E-state index contributed by atoms with van der Waals surface area (Å²) in [5.74, 6) is 0.622. The van der Waals surface area contributed by atoms with Gasteiger partial charge in [0.2, 0.25) is 0 Å². The Morgan fingerprint density at radius 2 is 1.78 bits per heavy atom. The average Bonchev–Trinajstić information content (AvgIpc) is 2.59. The van der Waals surface area contributed by atoms with E-state index in [1.54, 1.807) is 0 Å². The monoisotopic (exact) mass is 298 g/mol. The lowest BCUT2D eigenvalue weighted by atomic mass is 9.91. The van der Waals surface area contributed by atoms with Gasteiger partial charge in [-0.25, -0.2) is 0 Å². The Morgan fingerprint density at radius 3 is 2.43 bits per heavy atom. The molecule has 0 aliphatic heterocycles. The second kappa shape index (κ2) is 7.13. The third-order valence-electron chi connectivity index (χ3n) is 4.13. The van der Waals surface area contributed by atoms with Gasteiger partial charge in [-0.05, 0) is 42.0 Å². The van der Waals surface area contributed by atoms with E-state index in [1.165, 1.54) is 22.3 Å². The molecule has 0 fully saturated rings. The lowest BCUT2D eigenvalue weighted by Crippen LogP contribution is -1.96. The number of benzene rings is 2. The molecule has 2 aromatic rings. The molecule has 0 radical (unpaired) electrons. The van der Waals surface area contributed by atoms with Gasteiger partial charge in [0.15, 0.2) is 0 Å². The molecule has 1 aliphatic carbocycles. The van der Waals surface area contributed by atoms with E-state index in [1.807, 2.05) is 0 Å². The first kappa shape index (κ1) is 15.3. The lowest BCUT2D eigenvalue weighted by molar-refractivity contribution is 0.734. The maximum atomic E-state index is 3.53. The summed E-state index contributed by atoms with van der Waals surface area (Å²) in [7, 11) is 0. The van der Waals surface area contributed by atoms with E-state index in [2.05, 4.69) is 98.5 Å². The Labute approximate surface area is 139 Å². The molecule has 2 aromatic carbocycles. The summed E-state index contributed by atoms with van der Waals surface area (Å²) in [6.45, 7) is 4.36. The fourth-order valence-corrected chi connectivity index (χ4v) is 2.67. The minimum atomic E-state index is 0.622. The van der Waals surface area contributed by atoms with Crippen LogP contribution in [-0.4, -0.2) is 0 Å². The molecule has 0 N–H and O–H groups in total. The molecule has 0 amide bonds. The van der Waals surface area contributed by atoms with Crippen molar-refractivity contribution in [2.24, 2.45) is 5.92 Å². The van der Waals surface area contributed by atoms with Crippen LogP contribution in [0.5, 0.6) is 0 Å². The molecule has 0 bridgehead atoms. The highest BCUT2D eigenvalue weighted by Crippen LogP contribution is 2.28. The average molecular weight is 298 g/mol. The molecule has 0 heterocycles. The van der Waals surface area contributed by atoms with E-state index in [0.717, 1.165) is 12.0 Å². The van der Waals surface area contributed by atoms with Crippen molar-refractivity contribution in [1.82, 2.24) is 0 Å². The van der Waals surface area contributed by atoms with Crippen LogP contribution < -0.4 is 0 Å². The van der Waals surface area contributed by atoms with E-state index in [0.29, 0.717) is 5.92 Å². The molecule has 1 unspecified atom stereocenters. The van der Waals surface area contributed by atoms with Crippen molar-refractivity contribution in [3.8, 4) is 0 Å². The Morgan fingerprint density at radius 1 is 1.04 bits per heavy atom. The zero-order chi connectivity index (χ0) is 16.1. The summed E-state index contributed by atoms with van der Waals surface area (Å²) >= 11 is 0. The zero-order valence-corrected chi connectivity index (χ0v) is 13.8. The number of allylic oxidation sites excluding steroid dienone is 5. The van der Waals surface area contributed by atoms with Crippen molar-refractivity contribution >= 4 is 11.6 Å². The number of hydrogen-bond acceptors (Lipinski definition) is 0. The van der Waals surface area contributed by atoms with Crippen LogP contribution in [0.3, 0.4) is 0 Å². The van der Waals surface area contributed by atoms with E-state index in [4.69, 9.17) is 0 Å². The standard InChI is InChI=1S/C23H22/c1-18-8-12-20(13-9-18)14-17-23(21-6-4-3-5-7-21)22-15-10-19(2)11-16-22/h3-10,12-16,19H,11H2,1-2H3. The molecule has 0 aromatic heterocycles. The second-order valence-electron chi connectivity index (χ2n) is 6.17. The van der Waals surface area contributed by atoms with Crippen molar-refractivity contribution < 1.29 is 0 Å². The summed E-state index contributed by atoms with van der Waals surface area (Å²) in [6.07, 6.45) is 10.0. The van der Waals surface area contributed by atoms with Gasteiger partial charge in [0, 0.05) is 5.57 Å². The fraction of sp³-hybridized carbons (Fsp3) is 0.174. The predicted molar refractivity (Wildman–Crippen MR) is 100 cm³/mol. The molecule has 0 heteroatoms. The lowest BCUT2D eigenvalue weighted by Gasteiger charge is -2.13. The van der Waals surface area contributed by atoms with Gasteiger partial charge in [0.1, 0.15) is 0 Å². The van der Waals surface area contributed by atoms with E-state index >= 15 is 0 Å². The zero-order valence-electron chi connectivity index (χ0n) is 13.8. The molecular formula is C23H22. The topological polar surface area (TPSA) is 0 Å². The van der Waals surface area contributed by atoms with Crippen LogP contribution >= 0.6 is 0 Å². The van der Waals surface area contributed by atoms with Gasteiger partial charge < -0.3 is 0 Å². The summed E-state index contributed by atoms with van der Waals surface area (Å²) < 4.78 is 0. The Balaban J connectivity index is 2.03. The molecule has 3 rings (SSSR count). The highest BCUT2D eigenvalue weighted by molar-refractivity contribution is 5.83. The van der Waals surface area contributed by atoms with Gasteiger partial charge in [-0.2, -0.15) is 0 Å². The summed E-state index contributed by atoms with van der Waals surface area (Å²) in [5, 5.41) is 0. The Bertz CT molecular complexity index is 780. The van der Waals surface area contributed by atoms with Crippen LogP contribution in [0.25, 0.3) is 11.6 Å². The SMILES string of the molecule is Cc1ccc(C=C=C(C2=CCC(C)C=C2)c2ccccc2)cc1. The first-order valence-corrected chi connectivity index (χ1v) is 8.20. The Hall–Kier alpha value is -2.56. The third kappa shape index (κ3) is 4.00.